The zero-order valence-electron chi connectivity index (χ0n) is 20.0. The van der Waals surface area contributed by atoms with Gasteiger partial charge < -0.3 is 28.4 Å². The Kier molecular flexibility index (Phi) is 8.52. The van der Waals surface area contributed by atoms with Crippen molar-refractivity contribution in [3.8, 4) is 0 Å². The van der Waals surface area contributed by atoms with E-state index in [0.29, 0.717) is 25.7 Å². The van der Waals surface area contributed by atoms with Crippen molar-refractivity contribution in [1.82, 2.24) is 0 Å². The summed E-state index contributed by atoms with van der Waals surface area (Å²) in [5.74, 6) is 0.371. The quantitative estimate of drug-likeness (QED) is 0.536. The lowest BCUT2D eigenvalue weighted by atomic mass is 9.97. The Morgan fingerprint density at radius 3 is 2.21 bits per heavy atom. The highest BCUT2D eigenvalue weighted by molar-refractivity contribution is 5.17. The van der Waals surface area contributed by atoms with Crippen molar-refractivity contribution in [3.05, 3.63) is 71.8 Å². The van der Waals surface area contributed by atoms with Gasteiger partial charge in [0.15, 0.2) is 12.6 Å². The van der Waals surface area contributed by atoms with Gasteiger partial charge in [-0.3, -0.25) is 0 Å². The number of rotatable bonds is 9. The third-order valence-corrected chi connectivity index (χ3v) is 5.66. The molecule has 0 saturated carbocycles. The van der Waals surface area contributed by atoms with Crippen LogP contribution in [0.2, 0.25) is 0 Å². The highest BCUT2D eigenvalue weighted by atomic mass is 16.8. The van der Waals surface area contributed by atoms with E-state index in [1.54, 1.807) is 0 Å². The van der Waals surface area contributed by atoms with Crippen LogP contribution in [0.4, 0.5) is 0 Å². The highest BCUT2D eigenvalue weighted by Crippen LogP contribution is 2.37. The molecule has 4 rings (SSSR count). The summed E-state index contributed by atoms with van der Waals surface area (Å²) in [6.07, 6.45) is -2.52. The van der Waals surface area contributed by atoms with Gasteiger partial charge in [-0.15, -0.1) is 0 Å². The van der Waals surface area contributed by atoms with Gasteiger partial charge in [0.1, 0.15) is 24.4 Å². The van der Waals surface area contributed by atoms with Crippen LogP contribution in [-0.2, 0) is 35.0 Å². The summed E-state index contributed by atoms with van der Waals surface area (Å²) in [6, 6.07) is 20.1. The van der Waals surface area contributed by atoms with Gasteiger partial charge in [-0.05, 0) is 25.3 Å². The van der Waals surface area contributed by atoms with Gasteiger partial charge in [-0.25, -0.2) is 0 Å². The third kappa shape index (κ3) is 6.41. The lowest BCUT2D eigenvalue weighted by molar-refractivity contribution is -0.374. The number of ether oxygens (including phenoxy) is 6. The summed E-state index contributed by atoms with van der Waals surface area (Å²) in [5.41, 5.74) is 2.06. The summed E-state index contributed by atoms with van der Waals surface area (Å²) in [6.45, 7) is 9.67. The Labute approximate surface area is 197 Å². The van der Waals surface area contributed by atoms with Crippen LogP contribution >= 0.6 is 0 Å². The van der Waals surface area contributed by atoms with E-state index >= 15 is 0 Å². The van der Waals surface area contributed by atoms with E-state index in [2.05, 4.69) is 26.0 Å². The lowest BCUT2D eigenvalue weighted by Crippen LogP contribution is -2.64. The van der Waals surface area contributed by atoms with Crippen LogP contribution < -0.4 is 0 Å². The van der Waals surface area contributed by atoms with Crippen molar-refractivity contribution in [1.29, 1.82) is 0 Å². The minimum atomic E-state index is -0.558. The molecule has 180 valence electrons. The smallest absolute Gasteiger partial charge is 0.186 e. The highest BCUT2D eigenvalue weighted by Gasteiger charge is 2.52. The van der Waals surface area contributed by atoms with Crippen LogP contribution in [0, 0.1) is 5.92 Å². The second-order valence-electron chi connectivity index (χ2n) is 9.36. The molecule has 0 aliphatic carbocycles. The average molecular weight is 457 g/mol. The maximum Gasteiger partial charge on any atom is 0.186 e. The predicted octanol–water partition coefficient (Wildman–Crippen LogP) is 4.88. The standard InChI is InChI=1S/C27H36O6/c1-18(2)15-29-27-25(31-19(3)4)24(28-16-20-11-7-5-8-12-20)23-22(32-27)17-30-26(33-23)21-13-9-6-10-14-21/h5-14,18-19,22-27H,15-17H2,1-4H3/t22-,23-,24-,25-,26-,27-/m1/s1. The first-order chi connectivity index (χ1) is 16.0. The van der Waals surface area contributed by atoms with E-state index in [0.717, 1.165) is 11.1 Å². The van der Waals surface area contributed by atoms with Gasteiger partial charge in [0.05, 0.1) is 25.9 Å². The van der Waals surface area contributed by atoms with E-state index < -0.39 is 18.7 Å². The van der Waals surface area contributed by atoms with Gasteiger partial charge in [-0.2, -0.15) is 0 Å². The molecule has 2 aromatic rings. The van der Waals surface area contributed by atoms with Crippen LogP contribution in [0.25, 0.3) is 0 Å². The number of hydrogen-bond acceptors (Lipinski definition) is 6. The second kappa shape index (κ2) is 11.6. The molecular formula is C27H36O6. The summed E-state index contributed by atoms with van der Waals surface area (Å²) >= 11 is 0. The molecular weight excluding hydrogens is 420 g/mol. The summed E-state index contributed by atoms with van der Waals surface area (Å²) in [7, 11) is 0. The van der Waals surface area contributed by atoms with Crippen LogP contribution in [-0.4, -0.2) is 50.0 Å². The van der Waals surface area contributed by atoms with Crippen molar-refractivity contribution in [2.45, 2.75) is 77.4 Å². The Hall–Kier alpha value is -1.80. The maximum atomic E-state index is 6.51. The van der Waals surface area contributed by atoms with Crippen LogP contribution in [0.3, 0.4) is 0 Å². The normalized spacial score (nSPS) is 29.9. The third-order valence-electron chi connectivity index (χ3n) is 5.66. The SMILES string of the molecule is CC(C)CO[C@@H]1O[C@@H]2CO[C@@H](c3ccccc3)O[C@H]2[C@@H](OCc2ccccc2)[C@H]1OC(C)C. The topological polar surface area (TPSA) is 55.4 Å². The fourth-order valence-corrected chi connectivity index (χ4v) is 4.16. The first-order valence-corrected chi connectivity index (χ1v) is 11.9. The molecule has 0 radical (unpaired) electrons. The predicted molar refractivity (Wildman–Crippen MR) is 124 cm³/mol. The molecule has 6 heteroatoms. The molecule has 2 aliphatic heterocycles. The molecule has 0 N–H and O–H groups in total. The zero-order chi connectivity index (χ0) is 23.2. The van der Waals surface area contributed by atoms with Gasteiger partial charge in [0.25, 0.3) is 0 Å². The molecule has 6 nitrogen and oxygen atoms in total. The van der Waals surface area contributed by atoms with Crippen LogP contribution in [0.15, 0.2) is 60.7 Å². The Balaban J connectivity index is 1.58. The summed E-state index contributed by atoms with van der Waals surface area (Å²) in [4.78, 5) is 0. The van der Waals surface area contributed by atoms with Gasteiger partial charge >= 0.3 is 0 Å². The average Bonchev–Trinajstić information content (AvgIpc) is 2.82. The molecule has 6 atom stereocenters. The fourth-order valence-electron chi connectivity index (χ4n) is 4.16. The molecule has 2 aromatic carbocycles. The first kappa shape index (κ1) is 24.3. The van der Waals surface area contributed by atoms with Gasteiger partial charge in [0, 0.05) is 5.56 Å². The molecule has 0 unspecified atom stereocenters. The Morgan fingerprint density at radius 2 is 1.55 bits per heavy atom. The van der Waals surface area contributed by atoms with Crippen molar-refractivity contribution < 1.29 is 28.4 Å². The number of hydrogen-bond donors (Lipinski definition) is 0. The largest absolute Gasteiger partial charge is 0.368 e. The van der Waals surface area contributed by atoms with Gasteiger partial charge in [0.2, 0.25) is 0 Å². The molecule has 0 amide bonds. The minimum absolute atomic E-state index is 0.0205. The molecule has 2 heterocycles. The second-order valence-corrected chi connectivity index (χ2v) is 9.36. The van der Waals surface area contributed by atoms with Gasteiger partial charge in [-0.1, -0.05) is 74.5 Å². The number of benzene rings is 2. The van der Waals surface area contributed by atoms with Crippen molar-refractivity contribution in [3.63, 3.8) is 0 Å². The van der Waals surface area contributed by atoms with E-state index in [4.69, 9.17) is 28.4 Å². The summed E-state index contributed by atoms with van der Waals surface area (Å²) < 4.78 is 37.8. The molecule has 2 aliphatic rings. The maximum absolute atomic E-state index is 6.51. The van der Waals surface area contributed by atoms with Crippen LogP contribution in [0.1, 0.15) is 45.1 Å². The van der Waals surface area contributed by atoms with Crippen molar-refractivity contribution in [2.75, 3.05) is 13.2 Å². The zero-order valence-corrected chi connectivity index (χ0v) is 20.0. The fraction of sp³-hybridized carbons (Fsp3) is 0.556. The number of fused-ring (bicyclic) bond motifs is 1. The lowest BCUT2D eigenvalue weighted by Gasteiger charge is -2.49. The van der Waals surface area contributed by atoms with Crippen LogP contribution in [0.5, 0.6) is 0 Å². The minimum Gasteiger partial charge on any atom is -0.368 e. The van der Waals surface area contributed by atoms with Crippen molar-refractivity contribution in [2.24, 2.45) is 5.92 Å². The monoisotopic (exact) mass is 456 g/mol. The molecule has 2 fully saturated rings. The molecule has 0 aromatic heterocycles. The Morgan fingerprint density at radius 1 is 0.848 bits per heavy atom. The first-order valence-electron chi connectivity index (χ1n) is 11.9. The van der Waals surface area contributed by atoms with E-state index in [-0.39, 0.29) is 24.4 Å². The van der Waals surface area contributed by atoms with E-state index in [1.165, 1.54) is 0 Å². The Bertz CT molecular complexity index is 827. The van der Waals surface area contributed by atoms with E-state index in [1.807, 2.05) is 62.4 Å². The molecule has 0 spiro atoms. The molecule has 0 bridgehead atoms. The molecule has 2 saturated heterocycles. The summed E-state index contributed by atoms with van der Waals surface area (Å²) in [5, 5.41) is 0. The molecule has 33 heavy (non-hydrogen) atoms. The van der Waals surface area contributed by atoms with Crippen molar-refractivity contribution >= 4 is 0 Å². The van der Waals surface area contributed by atoms with E-state index in [9.17, 15) is 0 Å².